The van der Waals surface area contributed by atoms with Gasteiger partial charge in [-0.25, -0.2) is 0 Å². The van der Waals surface area contributed by atoms with Crippen molar-refractivity contribution < 1.29 is 19.1 Å². The predicted molar refractivity (Wildman–Crippen MR) is 109 cm³/mol. The molecule has 0 radical (unpaired) electrons. The van der Waals surface area contributed by atoms with Gasteiger partial charge in [0.25, 0.3) is 11.8 Å². The number of unbranched alkanes of at least 4 members (excludes halogenated alkanes) is 2. The average Bonchev–Trinajstić information content (AvgIpc) is 2.74. The maximum atomic E-state index is 12.5. The summed E-state index contributed by atoms with van der Waals surface area (Å²) in [5.74, 6) is -0.0350. The van der Waals surface area contributed by atoms with Crippen LogP contribution in [0.5, 0.6) is 11.5 Å². The number of carbonyl (C=O) groups is 2. The number of hydrogen-bond donors (Lipinski definition) is 2. The van der Waals surface area contributed by atoms with Crippen molar-refractivity contribution in [3.8, 4) is 11.5 Å². The van der Waals surface area contributed by atoms with E-state index < -0.39 is 11.8 Å². The molecular formula is C22H26N2O4. The number of benzene rings is 2. The topological polar surface area (TPSA) is 76.7 Å². The van der Waals surface area contributed by atoms with E-state index in [1.165, 1.54) is 0 Å². The minimum atomic E-state index is -0.477. The number of rotatable bonds is 10. The second-order valence-electron chi connectivity index (χ2n) is 6.06. The zero-order valence-corrected chi connectivity index (χ0v) is 16.1. The van der Waals surface area contributed by atoms with Crippen molar-refractivity contribution in [2.24, 2.45) is 0 Å². The van der Waals surface area contributed by atoms with Crippen LogP contribution in [0.4, 0.5) is 0 Å². The summed E-state index contributed by atoms with van der Waals surface area (Å²) >= 11 is 0. The molecule has 0 aliphatic heterocycles. The first-order chi connectivity index (χ1) is 13.7. The van der Waals surface area contributed by atoms with Gasteiger partial charge < -0.3 is 9.47 Å². The second-order valence-corrected chi connectivity index (χ2v) is 6.06. The largest absolute Gasteiger partial charge is 0.493 e. The van der Waals surface area contributed by atoms with Gasteiger partial charge in [0.2, 0.25) is 0 Å². The molecule has 2 aromatic carbocycles. The number of nitrogens with one attached hydrogen (secondary N) is 2. The molecule has 148 valence electrons. The molecule has 0 atom stereocenters. The van der Waals surface area contributed by atoms with Crippen LogP contribution in [0.3, 0.4) is 0 Å². The average molecular weight is 382 g/mol. The van der Waals surface area contributed by atoms with E-state index in [1.54, 1.807) is 54.6 Å². The molecule has 0 unspecified atom stereocenters. The Morgan fingerprint density at radius 1 is 0.893 bits per heavy atom. The Hall–Kier alpha value is -3.28. The monoisotopic (exact) mass is 382 g/mol. The zero-order valence-electron chi connectivity index (χ0n) is 16.1. The third-order valence-electron chi connectivity index (χ3n) is 3.92. The van der Waals surface area contributed by atoms with Crippen LogP contribution >= 0.6 is 0 Å². The van der Waals surface area contributed by atoms with Crippen LogP contribution in [0, 0.1) is 0 Å². The van der Waals surface area contributed by atoms with Crippen LogP contribution in [-0.2, 0) is 0 Å². The minimum Gasteiger partial charge on any atom is -0.493 e. The molecule has 2 N–H and O–H groups in total. The van der Waals surface area contributed by atoms with Crippen LogP contribution in [-0.4, -0.2) is 25.0 Å². The Balaban J connectivity index is 1.99. The van der Waals surface area contributed by atoms with Gasteiger partial charge in [-0.2, -0.15) is 0 Å². The van der Waals surface area contributed by atoms with E-state index in [2.05, 4.69) is 24.4 Å². The van der Waals surface area contributed by atoms with Crippen molar-refractivity contribution in [3.05, 3.63) is 72.3 Å². The van der Waals surface area contributed by atoms with Gasteiger partial charge in [-0.15, -0.1) is 0 Å². The van der Waals surface area contributed by atoms with Crippen molar-refractivity contribution in [3.63, 3.8) is 0 Å². The summed E-state index contributed by atoms with van der Waals surface area (Å²) in [7, 11) is 0. The van der Waals surface area contributed by atoms with Crippen LogP contribution in [0.1, 0.15) is 46.9 Å². The molecule has 0 aliphatic carbocycles. The highest BCUT2D eigenvalue weighted by Crippen LogP contribution is 2.19. The molecule has 0 bridgehead atoms. The molecule has 2 amide bonds. The fraction of sp³-hybridized carbons (Fsp3) is 0.273. The molecule has 0 aliphatic rings. The highest BCUT2D eigenvalue weighted by Gasteiger charge is 2.15. The third-order valence-corrected chi connectivity index (χ3v) is 3.92. The Labute approximate surface area is 165 Å². The molecule has 0 saturated heterocycles. The maximum absolute atomic E-state index is 12.5. The molecule has 2 aromatic rings. The SMILES string of the molecule is C=CCOc1ccccc1C(=O)NNC(=O)c1ccccc1OCCCCC. The number of carbonyl (C=O) groups excluding carboxylic acids is 2. The molecule has 0 saturated carbocycles. The predicted octanol–water partition coefficient (Wildman–Crippen LogP) is 3.90. The maximum Gasteiger partial charge on any atom is 0.273 e. The second kappa shape index (κ2) is 11.4. The van der Waals surface area contributed by atoms with E-state index >= 15 is 0 Å². The first kappa shape index (κ1) is 21.0. The molecular weight excluding hydrogens is 356 g/mol. The van der Waals surface area contributed by atoms with Crippen molar-refractivity contribution in [1.29, 1.82) is 0 Å². The molecule has 6 heteroatoms. The van der Waals surface area contributed by atoms with Crippen molar-refractivity contribution >= 4 is 11.8 Å². The number of amides is 2. The van der Waals surface area contributed by atoms with Crippen LogP contribution in [0.25, 0.3) is 0 Å². The highest BCUT2D eigenvalue weighted by molar-refractivity contribution is 6.01. The van der Waals surface area contributed by atoms with Crippen molar-refractivity contribution in [2.45, 2.75) is 26.2 Å². The summed E-state index contributed by atoms with van der Waals surface area (Å²) in [6.07, 6.45) is 4.67. The number of para-hydroxylation sites is 2. The Kier molecular flexibility index (Phi) is 8.59. The lowest BCUT2D eigenvalue weighted by Crippen LogP contribution is -2.41. The normalized spacial score (nSPS) is 10.0. The smallest absolute Gasteiger partial charge is 0.273 e. The fourth-order valence-corrected chi connectivity index (χ4v) is 2.49. The molecule has 0 spiro atoms. The molecule has 6 nitrogen and oxygen atoms in total. The zero-order chi connectivity index (χ0) is 20.2. The number of hydrogen-bond acceptors (Lipinski definition) is 4. The van der Waals surface area contributed by atoms with Gasteiger partial charge >= 0.3 is 0 Å². The van der Waals surface area contributed by atoms with Gasteiger partial charge in [-0.1, -0.05) is 56.7 Å². The van der Waals surface area contributed by atoms with E-state index in [0.717, 1.165) is 19.3 Å². The lowest BCUT2D eigenvalue weighted by atomic mass is 10.2. The summed E-state index contributed by atoms with van der Waals surface area (Å²) < 4.78 is 11.2. The Morgan fingerprint density at radius 2 is 1.43 bits per heavy atom. The summed E-state index contributed by atoms with van der Waals surface area (Å²) in [4.78, 5) is 24.9. The van der Waals surface area contributed by atoms with E-state index in [4.69, 9.17) is 9.47 Å². The van der Waals surface area contributed by atoms with Gasteiger partial charge in [-0.05, 0) is 30.7 Å². The third kappa shape index (κ3) is 6.16. The standard InChI is InChI=1S/C22H26N2O4/c1-3-5-10-16-28-20-14-9-7-12-18(20)22(26)24-23-21(25)17-11-6-8-13-19(17)27-15-4-2/h4,6-9,11-14H,2-3,5,10,15-16H2,1H3,(H,23,25)(H,24,26). The number of hydrazine groups is 1. The van der Waals surface area contributed by atoms with Crippen LogP contribution in [0.15, 0.2) is 61.2 Å². The van der Waals surface area contributed by atoms with Gasteiger partial charge in [0.1, 0.15) is 18.1 Å². The van der Waals surface area contributed by atoms with Gasteiger partial charge in [0.15, 0.2) is 0 Å². The first-order valence-electron chi connectivity index (χ1n) is 9.32. The highest BCUT2D eigenvalue weighted by atomic mass is 16.5. The Bertz CT molecular complexity index is 805. The van der Waals surface area contributed by atoms with Crippen molar-refractivity contribution in [2.75, 3.05) is 13.2 Å². The van der Waals surface area contributed by atoms with Crippen molar-refractivity contribution in [1.82, 2.24) is 10.9 Å². The molecule has 2 rings (SSSR count). The van der Waals surface area contributed by atoms with Gasteiger partial charge in [0, 0.05) is 0 Å². The summed E-state index contributed by atoms with van der Waals surface area (Å²) in [6, 6.07) is 13.7. The quantitative estimate of drug-likeness (QED) is 0.371. The Morgan fingerprint density at radius 3 is 1.96 bits per heavy atom. The molecule has 0 fully saturated rings. The fourth-order valence-electron chi connectivity index (χ4n) is 2.49. The molecule has 0 aromatic heterocycles. The van der Waals surface area contributed by atoms with Crippen LogP contribution < -0.4 is 20.3 Å². The lowest BCUT2D eigenvalue weighted by molar-refractivity contribution is 0.0842. The van der Waals surface area contributed by atoms with Gasteiger partial charge in [0.05, 0.1) is 17.7 Å². The van der Waals surface area contributed by atoms with E-state index in [0.29, 0.717) is 29.2 Å². The summed E-state index contributed by atoms with van der Waals surface area (Å²) in [5, 5.41) is 0. The molecule has 0 heterocycles. The number of ether oxygens (including phenoxy) is 2. The van der Waals surface area contributed by atoms with Crippen LogP contribution in [0.2, 0.25) is 0 Å². The molecule has 28 heavy (non-hydrogen) atoms. The van der Waals surface area contributed by atoms with Gasteiger partial charge in [-0.3, -0.25) is 20.4 Å². The van der Waals surface area contributed by atoms with E-state index in [1.807, 2.05) is 0 Å². The minimum absolute atomic E-state index is 0.277. The van der Waals surface area contributed by atoms with E-state index in [9.17, 15) is 9.59 Å². The lowest BCUT2D eigenvalue weighted by Gasteiger charge is -2.13. The first-order valence-corrected chi connectivity index (χ1v) is 9.32. The summed E-state index contributed by atoms with van der Waals surface area (Å²) in [6.45, 7) is 6.52. The van der Waals surface area contributed by atoms with E-state index in [-0.39, 0.29) is 6.61 Å². The summed E-state index contributed by atoms with van der Waals surface area (Å²) in [5.41, 5.74) is 5.52.